The minimum absolute atomic E-state index is 0.0194. The van der Waals surface area contributed by atoms with Crippen molar-refractivity contribution in [2.45, 2.75) is 171 Å². The van der Waals surface area contributed by atoms with Crippen molar-refractivity contribution in [2.75, 3.05) is 39.9 Å². The smallest absolute Gasteiger partial charge is 0.257 e. The van der Waals surface area contributed by atoms with Crippen LogP contribution in [0.2, 0.25) is 0 Å². The Balaban J connectivity index is 1.07. The largest absolute Gasteiger partial charge is 0.497 e. The van der Waals surface area contributed by atoms with E-state index in [4.69, 9.17) is 20.9 Å². The number of H-pyrrole nitrogens is 2. The Morgan fingerprint density at radius 1 is 0.726 bits per heavy atom. The molecule has 33 heteroatoms. The molecule has 10 rings (SSSR count). The zero-order valence-electron chi connectivity index (χ0n) is 59.2. The van der Waals surface area contributed by atoms with Crippen LogP contribution in [0.4, 0.5) is 13.2 Å². The maximum absolute atomic E-state index is 16.2. The second-order valence-electron chi connectivity index (χ2n) is 27.1. The molecule has 2 fully saturated rings. The Morgan fingerprint density at radius 3 is 1.94 bits per heavy atom. The zero-order chi connectivity index (χ0) is 76.7. The molecule has 6 aromatic rings. The summed E-state index contributed by atoms with van der Waals surface area (Å²) in [6, 6.07) is 5.86. The van der Waals surface area contributed by atoms with Crippen molar-refractivity contribution >= 4 is 92.7 Å². The van der Waals surface area contributed by atoms with Crippen molar-refractivity contribution in [1.82, 2.24) is 67.6 Å². The van der Waals surface area contributed by atoms with Crippen LogP contribution in [0.5, 0.6) is 11.5 Å². The van der Waals surface area contributed by atoms with E-state index in [1.54, 1.807) is 36.4 Å². The molecule has 6 heterocycles. The van der Waals surface area contributed by atoms with E-state index in [0.717, 1.165) is 24.8 Å². The number of aromatic nitrogens is 2. The Morgan fingerprint density at radius 2 is 1.33 bits per heavy atom. The predicted octanol–water partition coefficient (Wildman–Crippen LogP) is 0.339. The van der Waals surface area contributed by atoms with E-state index < -0.39 is 187 Å². The number of nitrogens with zero attached hydrogens (tertiary/aromatic N) is 2. The Labute approximate surface area is 607 Å². The number of ether oxygens (including phenoxy) is 2. The SMILES string of the molecule is COc1ccc(C[C@@H]2NC(=O)[C@H]([C@@H](C)O)NC(=O)[C@@H]3C[C@H](F)CN3C(=O)[C@H](Cc3c[nH]c4ccc(F)cc34)NC(=O)[C@H](Cc3c[nH]c4ccc(F)cc34)NC(=O)[C@@H](C)NC(=O)[C@H](CCCCN)NC(=O)[C@@H](NC(C)=O)CCNC(=O)COc3ccc(cc3)C[C@@H](C(N)=O)NC(=O)[C@]3(C)CCCN3C2=O)cc1. The van der Waals surface area contributed by atoms with Gasteiger partial charge < -0.3 is 93.7 Å². The molecular weight excluding hydrogens is 1380 g/mol. The predicted molar refractivity (Wildman–Crippen MR) is 379 cm³/mol. The van der Waals surface area contributed by atoms with Crippen molar-refractivity contribution in [1.29, 1.82) is 0 Å². The zero-order valence-corrected chi connectivity index (χ0v) is 59.2. The van der Waals surface area contributed by atoms with E-state index in [9.17, 15) is 52.6 Å². The van der Waals surface area contributed by atoms with Gasteiger partial charge >= 0.3 is 0 Å². The number of nitrogens with one attached hydrogen (secondary N) is 11. The third-order valence-corrected chi connectivity index (χ3v) is 19.2. The molecule has 12 atom stereocenters. The summed E-state index contributed by atoms with van der Waals surface area (Å²) in [5, 5.41) is 35.4. The number of unbranched alkanes of at least 4 members (excludes halogenated alkanes) is 1. The standard InChI is InChI=1S/C73H90F3N15O15/c1-38-64(96)85-57(29-43-34-80-52-20-14-45(74)31-50(43)52)67(99)86-59(30-44-35-81-53-21-15-46(75)32-51(44)53)70(102)90-36-47(76)33-60(90)68(100)89-62(39(2)92)69(101)87-58(28-42-10-16-48(105-5)17-11-42)71(103)91-26-8-23-73(91,4)72(104)88-56(63(78)95)27-41-12-18-49(19-13-41)106-37-61(94)79-25-22-55(83-40(3)93)66(98)84-54(65(97)82-38)9-6-7-24-77/h10-21,31-32,34-35,38-39,47,54-60,62,80-81,92H,6-9,22-30,33,36-37,77H2,1-5H3,(H2,78,95)(H,79,94)(H,82,97)(H,83,93)(H,84,98)(H,85,96)(H,86,99)(H,87,101)(H,88,104)(H,89,100)/t38-,39-,47+,54+,55+,56+,57+,58+,59+,60+,62+,73+/m1/s1. The number of nitrogens with two attached hydrogens (primary N) is 2. The third-order valence-electron chi connectivity index (χ3n) is 19.2. The monoisotopic (exact) mass is 1470 g/mol. The summed E-state index contributed by atoms with van der Waals surface area (Å²) in [4.78, 5) is 180. The molecule has 4 aliphatic rings. The van der Waals surface area contributed by atoms with Crippen LogP contribution in [0.1, 0.15) is 94.9 Å². The third kappa shape index (κ3) is 20.0. The maximum Gasteiger partial charge on any atom is 0.257 e. The summed E-state index contributed by atoms with van der Waals surface area (Å²) in [5.74, 6) is -11.6. The molecule has 2 saturated heterocycles. The van der Waals surface area contributed by atoms with E-state index in [2.05, 4.69) is 57.8 Å². The molecule has 2 aromatic heterocycles. The quantitative estimate of drug-likeness (QED) is 0.0516. The van der Waals surface area contributed by atoms with Crippen molar-refractivity contribution in [3.05, 3.63) is 131 Å². The van der Waals surface area contributed by atoms with Gasteiger partial charge in [0.1, 0.15) is 89.2 Å². The van der Waals surface area contributed by atoms with Crippen LogP contribution in [0, 0.1) is 11.6 Å². The fourth-order valence-electron chi connectivity index (χ4n) is 13.4. The van der Waals surface area contributed by atoms with Gasteiger partial charge in [0.2, 0.25) is 65.0 Å². The highest BCUT2D eigenvalue weighted by Crippen LogP contribution is 2.32. The number of fused-ring (bicyclic) bond motifs is 32. The number of benzene rings is 4. The number of methoxy groups -OCH3 is 1. The van der Waals surface area contributed by atoms with E-state index in [0.29, 0.717) is 34.3 Å². The average Bonchev–Trinajstić information content (AvgIpc) is 1.54. The van der Waals surface area contributed by atoms with E-state index in [1.807, 2.05) is 0 Å². The number of aliphatic hydroxyl groups is 1. The number of hydrogen-bond donors (Lipinski definition) is 14. The van der Waals surface area contributed by atoms with Gasteiger partial charge in [-0.2, -0.15) is 0 Å². The maximum atomic E-state index is 16.2. The molecule has 0 spiro atoms. The molecule has 4 aliphatic heterocycles. The van der Waals surface area contributed by atoms with E-state index in [1.165, 1.54) is 80.7 Å². The molecule has 106 heavy (non-hydrogen) atoms. The Bertz CT molecular complexity index is 4230. The average molecular weight is 1470 g/mol. The summed E-state index contributed by atoms with van der Waals surface area (Å²) >= 11 is 0. The first-order valence-corrected chi connectivity index (χ1v) is 35.0. The lowest BCUT2D eigenvalue weighted by molar-refractivity contribution is -0.147. The van der Waals surface area contributed by atoms with Crippen molar-refractivity contribution in [3.8, 4) is 11.5 Å². The van der Waals surface area contributed by atoms with Gasteiger partial charge in [0.25, 0.3) is 5.91 Å². The summed E-state index contributed by atoms with van der Waals surface area (Å²) in [6.07, 6.45) is -1.92. The van der Waals surface area contributed by atoms with Crippen LogP contribution in [0.25, 0.3) is 21.8 Å². The molecule has 2 bridgehead atoms. The fraction of sp³-hybridized carbons (Fsp3) is 0.452. The second-order valence-corrected chi connectivity index (χ2v) is 27.1. The topological polar surface area (TPSA) is 442 Å². The first-order chi connectivity index (χ1) is 50.5. The van der Waals surface area contributed by atoms with Crippen LogP contribution in [0.3, 0.4) is 0 Å². The van der Waals surface area contributed by atoms with Gasteiger partial charge in [-0.15, -0.1) is 0 Å². The van der Waals surface area contributed by atoms with Crippen LogP contribution in [-0.2, 0) is 83.2 Å². The van der Waals surface area contributed by atoms with Crippen LogP contribution in [-0.4, -0.2) is 208 Å². The lowest BCUT2D eigenvalue weighted by Crippen LogP contribution is -2.64. The van der Waals surface area contributed by atoms with Gasteiger partial charge in [0.05, 0.1) is 19.8 Å². The summed E-state index contributed by atoms with van der Waals surface area (Å²) in [7, 11) is 1.44. The number of halogens is 3. The first-order valence-electron chi connectivity index (χ1n) is 35.0. The number of amides is 12. The summed E-state index contributed by atoms with van der Waals surface area (Å²) in [6.45, 7) is 3.77. The van der Waals surface area contributed by atoms with Gasteiger partial charge in [-0.25, -0.2) is 13.2 Å². The summed E-state index contributed by atoms with van der Waals surface area (Å²) in [5.41, 5.74) is 12.3. The molecule has 568 valence electrons. The van der Waals surface area contributed by atoms with Gasteiger partial charge in [-0.3, -0.25) is 57.5 Å². The highest BCUT2D eigenvalue weighted by molar-refractivity contribution is 6.01. The van der Waals surface area contributed by atoms with Gasteiger partial charge in [-0.05, 0) is 149 Å². The van der Waals surface area contributed by atoms with Gasteiger partial charge in [-0.1, -0.05) is 24.3 Å². The van der Waals surface area contributed by atoms with E-state index >= 15 is 23.2 Å². The number of aliphatic hydroxyl groups excluding tert-OH is 1. The molecule has 0 aliphatic carbocycles. The fourth-order valence-corrected chi connectivity index (χ4v) is 13.4. The summed E-state index contributed by atoms with van der Waals surface area (Å²) < 4.78 is 57.3. The highest BCUT2D eigenvalue weighted by Gasteiger charge is 2.50. The number of hydrogen-bond acceptors (Lipinski definition) is 16. The van der Waals surface area contributed by atoms with Gasteiger partial charge in [0.15, 0.2) is 6.61 Å². The van der Waals surface area contributed by atoms with Crippen LogP contribution in [0.15, 0.2) is 97.3 Å². The van der Waals surface area contributed by atoms with Gasteiger partial charge in [0, 0.05) is 86.3 Å². The normalized spacial score (nSPS) is 25.2. The molecule has 0 saturated carbocycles. The molecule has 30 nitrogen and oxygen atoms in total. The molecular formula is C73H90F3N15O15. The number of alkyl halides is 1. The molecule has 0 unspecified atom stereocenters. The Kier molecular flexibility index (Phi) is 26.5. The van der Waals surface area contributed by atoms with Crippen LogP contribution >= 0.6 is 0 Å². The minimum Gasteiger partial charge on any atom is -0.497 e. The number of carbonyl (C=O) groups excluding carboxylic acids is 12. The number of rotatable bonds is 14. The highest BCUT2D eigenvalue weighted by atomic mass is 19.1. The molecule has 12 amide bonds. The van der Waals surface area contributed by atoms with Crippen molar-refractivity contribution in [2.24, 2.45) is 11.5 Å². The first kappa shape index (κ1) is 79.0. The molecule has 0 radical (unpaired) electrons. The minimum atomic E-state index is -1.93. The Hall–Kier alpha value is -11.1. The van der Waals surface area contributed by atoms with E-state index in [-0.39, 0.29) is 92.2 Å². The number of carbonyl (C=O) groups is 12. The number of aromatic amines is 2. The number of primary amides is 1. The van der Waals surface area contributed by atoms with Crippen molar-refractivity contribution < 1.29 is 85.3 Å². The molecule has 16 N–H and O–H groups in total. The van der Waals surface area contributed by atoms with Crippen molar-refractivity contribution in [3.63, 3.8) is 0 Å². The lowest BCUT2D eigenvalue weighted by Gasteiger charge is -2.37. The molecule has 4 aromatic carbocycles. The lowest BCUT2D eigenvalue weighted by atomic mass is 9.94. The second kappa shape index (κ2) is 35.6. The van der Waals surface area contributed by atoms with Crippen LogP contribution < -0.4 is 68.8 Å².